The summed E-state index contributed by atoms with van der Waals surface area (Å²) in [6.45, 7) is 0. The van der Waals surface area contributed by atoms with Crippen molar-refractivity contribution in [2.75, 3.05) is 12.1 Å². The Labute approximate surface area is 64.8 Å². The second-order valence-electron chi connectivity index (χ2n) is 2.21. The first-order valence-corrected chi connectivity index (χ1v) is 3.20. The van der Waals surface area contributed by atoms with Crippen molar-refractivity contribution in [3.8, 4) is 0 Å². The van der Waals surface area contributed by atoms with Gasteiger partial charge < -0.3 is 10.3 Å². The molecular formula is C8H8NO2-. The summed E-state index contributed by atoms with van der Waals surface area (Å²) in [4.78, 5) is 10.3. The quantitative estimate of drug-likeness (QED) is 0.473. The van der Waals surface area contributed by atoms with Crippen LogP contribution in [-0.4, -0.2) is 13.3 Å². The molecule has 0 heterocycles. The zero-order valence-corrected chi connectivity index (χ0v) is 6.15. The molecule has 1 aromatic carbocycles. The van der Waals surface area contributed by atoms with Crippen LogP contribution in [0.3, 0.4) is 0 Å². The van der Waals surface area contributed by atoms with Crippen LogP contribution in [0.1, 0.15) is 10.4 Å². The Morgan fingerprint density at radius 3 is 2.82 bits per heavy atom. The molecule has 0 amide bonds. The monoisotopic (exact) mass is 150 g/mol. The highest BCUT2D eigenvalue weighted by Crippen LogP contribution is 2.11. The SMILES string of the molecule is CN([O-])c1cccc(C=O)c1. The Hall–Kier alpha value is -1.35. The molecule has 0 unspecified atom stereocenters. The van der Waals surface area contributed by atoms with Crippen molar-refractivity contribution in [1.82, 2.24) is 0 Å². The van der Waals surface area contributed by atoms with Gasteiger partial charge in [-0.2, -0.15) is 0 Å². The van der Waals surface area contributed by atoms with Gasteiger partial charge in [-0.1, -0.05) is 12.1 Å². The molecule has 0 fully saturated rings. The van der Waals surface area contributed by atoms with Crippen molar-refractivity contribution < 1.29 is 4.79 Å². The Morgan fingerprint density at radius 2 is 2.27 bits per heavy atom. The van der Waals surface area contributed by atoms with Gasteiger partial charge in [-0.3, -0.25) is 4.79 Å². The first-order valence-electron chi connectivity index (χ1n) is 3.20. The van der Waals surface area contributed by atoms with Crippen LogP contribution in [0.4, 0.5) is 5.69 Å². The van der Waals surface area contributed by atoms with E-state index in [0.29, 0.717) is 22.6 Å². The lowest BCUT2D eigenvalue weighted by Gasteiger charge is -2.24. The summed E-state index contributed by atoms with van der Waals surface area (Å²) in [6, 6.07) is 6.52. The van der Waals surface area contributed by atoms with Crippen molar-refractivity contribution >= 4 is 12.0 Å². The summed E-state index contributed by atoms with van der Waals surface area (Å²) in [5.41, 5.74) is 1.01. The summed E-state index contributed by atoms with van der Waals surface area (Å²) in [6.07, 6.45) is 0.715. The van der Waals surface area contributed by atoms with E-state index in [-0.39, 0.29) is 0 Å². The van der Waals surface area contributed by atoms with Gasteiger partial charge in [-0.05, 0) is 19.2 Å². The van der Waals surface area contributed by atoms with E-state index >= 15 is 0 Å². The minimum absolute atomic E-state index is 0.495. The van der Waals surface area contributed by atoms with Crippen LogP contribution in [0, 0.1) is 5.21 Å². The summed E-state index contributed by atoms with van der Waals surface area (Å²) >= 11 is 0. The molecule has 0 radical (unpaired) electrons. The number of hydrogen-bond acceptors (Lipinski definition) is 3. The zero-order chi connectivity index (χ0) is 8.27. The Bertz CT molecular complexity index is 258. The third-order valence-electron chi connectivity index (χ3n) is 1.37. The van der Waals surface area contributed by atoms with E-state index < -0.39 is 0 Å². The first kappa shape index (κ1) is 7.75. The number of rotatable bonds is 2. The van der Waals surface area contributed by atoms with Crippen LogP contribution in [-0.2, 0) is 0 Å². The smallest absolute Gasteiger partial charge is 0.150 e. The summed E-state index contributed by atoms with van der Waals surface area (Å²) in [7, 11) is 1.39. The molecule has 0 N–H and O–H groups in total. The number of hydroxylamine groups is 1. The number of benzene rings is 1. The van der Waals surface area contributed by atoms with Crippen LogP contribution in [0.25, 0.3) is 0 Å². The normalized spacial score (nSPS) is 9.27. The standard InChI is InChI=1S/C8H8NO2/c1-9(11)8-4-2-3-7(5-8)6-10/h2-6H,1H3/q-1. The largest absolute Gasteiger partial charge is 0.758 e. The van der Waals surface area contributed by atoms with Crippen molar-refractivity contribution in [2.24, 2.45) is 0 Å². The molecule has 3 nitrogen and oxygen atoms in total. The lowest BCUT2D eigenvalue weighted by Crippen LogP contribution is -2.05. The minimum atomic E-state index is 0.495. The third-order valence-corrected chi connectivity index (χ3v) is 1.37. The minimum Gasteiger partial charge on any atom is -0.758 e. The fourth-order valence-corrected chi connectivity index (χ4v) is 0.794. The van der Waals surface area contributed by atoms with Gasteiger partial charge in [0.2, 0.25) is 0 Å². The van der Waals surface area contributed by atoms with Gasteiger partial charge in [0, 0.05) is 11.3 Å². The van der Waals surface area contributed by atoms with Gasteiger partial charge in [0.25, 0.3) is 0 Å². The average Bonchev–Trinajstić information content (AvgIpc) is 2.05. The lowest BCUT2D eigenvalue weighted by molar-refractivity contribution is 0.112. The summed E-state index contributed by atoms with van der Waals surface area (Å²) in [5.74, 6) is 0. The van der Waals surface area contributed by atoms with E-state index in [9.17, 15) is 10.0 Å². The number of nitrogens with zero attached hydrogens (tertiary/aromatic N) is 1. The topological polar surface area (TPSA) is 43.4 Å². The van der Waals surface area contributed by atoms with Crippen LogP contribution in [0.15, 0.2) is 24.3 Å². The molecule has 0 aliphatic carbocycles. The number of hydrogen-bond donors (Lipinski definition) is 0. The molecule has 0 aliphatic heterocycles. The fraction of sp³-hybridized carbons (Fsp3) is 0.125. The highest BCUT2D eigenvalue weighted by Gasteiger charge is 1.91. The first-order chi connectivity index (χ1) is 5.24. The summed E-state index contributed by atoms with van der Waals surface area (Å²) in [5, 5.41) is 11.4. The lowest BCUT2D eigenvalue weighted by atomic mass is 10.2. The molecule has 11 heavy (non-hydrogen) atoms. The molecule has 0 aromatic heterocycles. The molecule has 1 rings (SSSR count). The second kappa shape index (κ2) is 3.16. The molecule has 58 valence electrons. The van der Waals surface area contributed by atoms with Gasteiger partial charge in [0.1, 0.15) is 6.29 Å². The molecule has 0 atom stereocenters. The van der Waals surface area contributed by atoms with Crippen molar-refractivity contribution in [3.63, 3.8) is 0 Å². The maximum absolute atomic E-state index is 10.7. The third kappa shape index (κ3) is 1.78. The maximum Gasteiger partial charge on any atom is 0.150 e. The van der Waals surface area contributed by atoms with E-state index in [2.05, 4.69) is 0 Å². The molecule has 1 aromatic rings. The zero-order valence-electron chi connectivity index (χ0n) is 6.15. The molecule has 0 saturated carbocycles. The molecule has 0 bridgehead atoms. The Morgan fingerprint density at radius 1 is 1.55 bits per heavy atom. The predicted molar refractivity (Wildman–Crippen MR) is 43.6 cm³/mol. The highest BCUT2D eigenvalue weighted by atomic mass is 16.5. The molecule has 0 spiro atoms. The van der Waals surface area contributed by atoms with Gasteiger partial charge in [-0.15, -0.1) is 0 Å². The molecule has 0 saturated heterocycles. The van der Waals surface area contributed by atoms with Crippen LogP contribution in [0.2, 0.25) is 0 Å². The van der Waals surface area contributed by atoms with Crippen molar-refractivity contribution in [1.29, 1.82) is 0 Å². The van der Waals surface area contributed by atoms with Crippen molar-refractivity contribution in [2.45, 2.75) is 0 Å². The number of anilines is 1. The number of aldehydes is 1. The highest BCUT2D eigenvalue weighted by molar-refractivity contribution is 5.77. The number of carbonyl (C=O) groups excluding carboxylic acids is 1. The predicted octanol–water partition coefficient (Wildman–Crippen LogP) is 1.43. The molecule has 3 heteroatoms. The maximum atomic E-state index is 10.7. The second-order valence-corrected chi connectivity index (χ2v) is 2.21. The molecule has 0 aliphatic rings. The number of carbonyl (C=O) groups is 1. The van der Waals surface area contributed by atoms with E-state index in [0.717, 1.165) is 0 Å². The van der Waals surface area contributed by atoms with E-state index in [4.69, 9.17) is 0 Å². The van der Waals surface area contributed by atoms with Crippen LogP contribution < -0.4 is 5.06 Å². The van der Waals surface area contributed by atoms with E-state index in [1.807, 2.05) is 0 Å². The van der Waals surface area contributed by atoms with Crippen LogP contribution in [0.5, 0.6) is 0 Å². The van der Waals surface area contributed by atoms with Gasteiger partial charge in [0.15, 0.2) is 0 Å². The molecular weight excluding hydrogens is 142 g/mol. The fourth-order valence-electron chi connectivity index (χ4n) is 0.794. The van der Waals surface area contributed by atoms with Gasteiger partial charge in [-0.25, -0.2) is 0 Å². The van der Waals surface area contributed by atoms with Crippen LogP contribution >= 0.6 is 0 Å². The van der Waals surface area contributed by atoms with Gasteiger partial charge >= 0.3 is 0 Å². The van der Waals surface area contributed by atoms with Gasteiger partial charge in [0.05, 0.1) is 0 Å². The van der Waals surface area contributed by atoms with E-state index in [1.54, 1.807) is 24.3 Å². The van der Waals surface area contributed by atoms with E-state index in [1.165, 1.54) is 7.05 Å². The Balaban J connectivity index is 3.00. The Kier molecular flexibility index (Phi) is 2.23. The van der Waals surface area contributed by atoms with Crippen molar-refractivity contribution in [3.05, 3.63) is 35.0 Å². The average molecular weight is 150 g/mol. The summed E-state index contributed by atoms with van der Waals surface area (Å²) < 4.78 is 0.